The fourth-order valence-corrected chi connectivity index (χ4v) is 3.20. The predicted molar refractivity (Wildman–Crippen MR) is 115 cm³/mol. The van der Waals surface area contributed by atoms with E-state index in [1.807, 2.05) is 28.9 Å². The van der Waals surface area contributed by atoms with Crippen molar-refractivity contribution in [2.45, 2.75) is 6.54 Å². The van der Waals surface area contributed by atoms with Crippen molar-refractivity contribution in [3.05, 3.63) is 91.5 Å². The number of para-hydroxylation sites is 1. The molecule has 0 saturated heterocycles. The van der Waals surface area contributed by atoms with Gasteiger partial charge >= 0.3 is 0 Å². The molecule has 4 aromatic rings. The van der Waals surface area contributed by atoms with Crippen LogP contribution >= 0.6 is 0 Å². The van der Waals surface area contributed by atoms with Crippen LogP contribution in [0.2, 0.25) is 0 Å². The first-order chi connectivity index (χ1) is 13.8. The second kappa shape index (κ2) is 8.39. The zero-order valence-electron chi connectivity index (χ0n) is 15.9. The number of rotatable bonds is 7. The second-order valence-electron chi connectivity index (χ2n) is 6.67. The Hall–Kier alpha value is -3.60. The van der Waals surface area contributed by atoms with Crippen molar-refractivity contribution in [3.8, 4) is 11.1 Å². The summed E-state index contributed by atoms with van der Waals surface area (Å²) >= 11 is 0. The Morgan fingerprint density at radius 3 is 2.36 bits per heavy atom. The zero-order chi connectivity index (χ0) is 19.2. The Balaban J connectivity index is 1.64. The molecule has 5 heteroatoms. The summed E-state index contributed by atoms with van der Waals surface area (Å²) in [6.07, 6.45) is 3.32. The lowest BCUT2D eigenvalue weighted by atomic mass is 10.0. The first-order valence-corrected chi connectivity index (χ1v) is 9.35. The maximum absolute atomic E-state index is 4.20. The number of likely N-dealkylation sites (N-methyl/N-ethyl adjacent to an activating group) is 1. The molecule has 1 N–H and O–H groups in total. The number of nitrogens with zero attached hydrogens (tertiary/aromatic N) is 4. The number of anilines is 3. The SMILES string of the molecule is CN(CCn1cncn1)c1cc(Nc2ccccc2)ccc1-c1ccccc1. The highest BCUT2D eigenvalue weighted by molar-refractivity contribution is 5.82. The molecule has 140 valence electrons. The minimum absolute atomic E-state index is 0.779. The van der Waals surface area contributed by atoms with Gasteiger partial charge in [-0.25, -0.2) is 4.98 Å². The second-order valence-corrected chi connectivity index (χ2v) is 6.67. The topological polar surface area (TPSA) is 46.0 Å². The zero-order valence-corrected chi connectivity index (χ0v) is 15.9. The minimum Gasteiger partial charge on any atom is -0.372 e. The first-order valence-electron chi connectivity index (χ1n) is 9.35. The summed E-state index contributed by atoms with van der Waals surface area (Å²) in [5.41, 5.74) is 5.73. The van der Waals surface area contributed by atoms with Gasteiger partial charge in [0.05, 0.1) is 6.54 Å². The summed E-state index contributed by atoms with van der Waals surface area (Å²) in [6.45, 7) is 1.61. The van der Waals surface area contributed by atoms with Gasteiger partial charge in [0.1, 0.15) is 12.7 Å². The Kier molecular flexibility index (Phi) is 5.33. The number of aromatic nitrogens is 3. The van der Waals surface area contributed by atoms with Crippen molar-refractivity contribution in [1.82, 2.24) is 14.8 Å². The Morgan fingerprint density at radius 2 is 1.64 bits per heavy atom. The third-order valence-electron chi connectivity index (χ3n) is 4.69. The molecule has 0 unspecified atom stereocenters. The largest absolute Gasteiger partial charge is 0.372 e. The van der Waals surface area contributed by atoms with Crippen molar-refractivity contribution in [1.29, 1.82) is 0 Å². The predicted octanol–water partition coefficient (Wildman–Crippen LogP) is 4.83. The van der Waals surface area contributed by atoms with Crippen LogP contribution in [0.15, 0.2) is 91.5 Å². The molecule has 0 aliphatic heterocycles. The third kappa shape index (κ3) is 4.20. The van der Waals surface area contributed by atoms with E-state index in [4.69, 9.17) is 0 Å². The fraction of sp³-hybridized carbons (Fsp3) is 0.130. The van der Waals surface area contributed by atoms with E-state index < -0.39 is 0 Å². The van der Waals surface area contributed by atoms with Gasteiger partial charge in [-0.05, 0) is 29.8 Å². The van der Waals surface area contributed by atoms with Gasteiger partial charge in [0.25, 0.3) is 0 Å². The van der Waals surface area contributed by atoms with E-state index >= 15 is 0 Å². The fourth-order valence-electron chi connectivity index (χ4n) is 3.20. The van der Waals surface area contributed by atoms with Crippen molar-refractivity contribution >= 4 is 17.1 Å². The summed E-state index contributed by atoms with van der Waals surface area (Å²) in [4.78, 5) is 6.29. The maximum atomic E-state index is 4.20. The van der Waals surface area contributed by atoms with Gasteiger partial charge in [-0.15, -0.1) is 0 Å². The van der Waals surface area contributed by atoms with Crippen LogP contribution in [0.4, 0.5) is 17.1 Å². The number of hydrogen-bond donors (Lipinski definition) is 1. The lowest BCUT2D eigenvalue weighted by Crippen LogP contribution is -2.23. The van der Waals surface area contributed by atoms with Gasteiger partial charge < -0.3 is 10.2 Å². The molecule has 4 rings (SSSR count). The molecule has 1 aromatic heterocycles. The molecule has 28 heavy (non-hydrogen) atoms. The van der Waals surface area contributed by atoms with E-state index in [2.05, 4.69) is 81.9 Å². The first kappa shape index (κ1) is 17.8. The van der Waals surface area contributed by atoms with Crippen LogP contribution in [-0.2, 0) is 6.54 Å². The van der Waals surface area contributed by atoms with Crippen LogP contribution in [0.3, 0.4) is 0 Å². The molecule has 0 aliphatic rings. The summed E-state index contributed by atoms with van der Waals surface area (Å²) in [7, 11) is 2.12. The van der Waals surface area contributed by atoms with Gasteiger partial charge in [0.15, 0.2) is 0 Å². The average molecular weight is 369 g/mol. The van der Waals surface area contributed by atoms with E-state index in [0.29, 0.717) is 0 Å². The Labute approximate surface area is 165 Å². The van der Waals surface area contributed by atoms with E-state index in [1.54, 1.807) is 12.7 Å². The molecule has 0 amide bonds. The monoisotopic (exact) mass is 369 g/mol. The Bertz CT molecular complexity index is 998. The van der Waals surface area contributed by atoms with Gasteiger partial charge in [-0.3, -0.25) is 4.68 Å². The lowest BCUT2D eigenvalue weighted by Gasteiger charge is -2.24. The highest BCUT2D eigenvalue weighted by Crippen LogP contribution is 2.33. The van der Waals surface area contributed by atoms with Crippen molar-refractivity contribution in [3.63, 3.8) is 0 Å². The average Bonchev–Trinajstić information content (AvgIpc) is 3.27. The molecule has 5 nitrogen and oxygen atoms in total. The van der Waals surface area contributed by atoms with Crippen LogP contribution in [0.5, 0.6) is 0 Å². The third-order valence-corrected chi connectivity index (χ3v) is 4.69. The van der Waals surface area contributed by atoms with Gasteiger partial charge in [-0.1, -0.05) is 54.6 Å². The van der Waals surface area contributed by atoms with Crippen LogP contribution in [-0.4, -0.2) is 28.4 Å². The summed E-state index contributed by atoms with van der Waals surface area (Å²) in [5.74, 6) is 0. The highest BCUT2D eigenvalue weighted by Gasteiger charge is 2.11. The minimum atomic E-state index is 0.779. The summed E-state index contributed by atoms with van der Waals surface area (Å²) in [6, 6.07) is 27.2. The van der Waals surface area contributed by atoms with Crippen LogP contribution in [0.25, 0.3) is 11.1 Å². The van der Waals surface area contributed by atoms with E-state index in [-0.39, 0.29) is 0 Å². The molecule has 0 aliphatic carbocycles. The Morgan fingerprint density at radius 1 is 0.893 bits per heavy atom. The molecule has 1 heterocycles. The molecule has 0 bridgehead atoms. The number of nitrogens with one attached hydrogen (secondary N) is 1. The quantitative estimate of drug-likeness (QED) is 0.507. The molecular weight excluding hydrogens is 346 g/mol. The molecule has 3 aromatic carbocycles. The lowest BCUT2D eigenvalue weighted by molar-refractivity contribution is 0.610. The van der Waals surface area contributed by atoms with Crippen LogP contribution < -0.4 is 10.2 Å². The van der Waals surface area contributed by atoms with Crippen molar-refractivity contribution in [2.24, 2.45) is 0 Å². The van der Waals surface area contributed by atoms with Crippen LogP contribution in [0.1, 0.15) is 0 Å². The maximum Gasteiger partial charge on any atom is 0.137 e. The van der Waals surface area contributed by atoms with E-state index in [9.17, 15) is 0 Å². The number of benzene rings is 3. The highest BCUT2D eigenvalue weighted by atomic mass is 15.3. The molecule has 0 radical (unpaired) electrons. The van der Waals surface area contributed by atoms with E-state index in [1.165, 1.54) is 16.8 Å². The molecular formula is C23H23N5. The standard InChI is InChI=1S/C23H23N5/c1-27(14-15-28-18-24-17-25-28)23-16-21(26-20-10-6-3-7-11-20)12-13-22(23)19-8-4-2-5-9-19/h2-13,16-18,26H,14-15H2,1H3. The molecule has 0 fully saturated rings. The van der Waals surface area contributed by atoms with Crippen LogP contribution in [0, 0.1) is 0 Å². The molecule has 0 atom stereocenters. The summed E-state index contributed by atoms with van der Waals surface area (Å²) < 4.78 is 1.85. The smallest absolute Gasteiger partial charge is 0.137 e. The molecule has 0 saturated carbocycles. The summed E-state index contributed by atoms with van der Waals surface area (Å²) in [5, 5.41) is 7.70. The molecule has 0 spiro atoms. The van der Waals surface area contributed by atoms with Crippen molar-refractivity contribution < 1.29 is 0 Å². The van der Waals surface area contributed by atoms with Crippen molar-refractivity contribution in [2.75, 3.05) is 23.8 Å². The van der Waals surface area contributed by atoms with Gasteiger partial charge in [0, 0.05) is 36.2 Å². The van der Waals surface area contributed by atoms with E-state index in [0.717, 1.165) is 24.5 Å². The van der Waals surface area contributed by atoms with Gasteiger partial charge in [0.2, 0.25) is 0 Å². The van der Waals surface area contributed by atoms with Gasteiger partial charge in [-0.2, -0.15) is 5.10 Å². The number of hydrogen-bond acceptors (Lipinski definition) is 4. The normalized spacial score (nSPS) is 10.6.